The molecule has 0 radical (unpaired) electrons. The average Bonchev–Trinajstić information content (AvgIpc) is 3.33. The Hall–Kier alpha value is -1.66. The number of hydrogen-bond acceptors (Lipinski definition) is 5. The molecule has 0 aliphatic heterocycles. The predicted molar refractivity (Wildman–Crippen MR) is 292 cm³/mol. The molecule has 0 aromatic heterocycles. The normalized spacial score (nSPS) is 12.7. The Balaban J connectivity index is 3.43. The standard InChI is InChI=1S/C61H117NO5/c1-3-5-7-9-11-13-15-17-31-35-39-43-47-51-55-61(66)67-56-52-48-44-40-36-32-28-26-24-22-20-18-19-21-23-25-27-30-34-38-42-46-50-54-60(65)62-58(57-63)59(64)53-49-45-41-37-33-29-16-14-12-10-8-6-4-2/h18,20-21,23,58-59,63-64H,3-17,19,22,24-57H2,1-2H3,(H,62,65)/b20-18-,23-21-. The molecule has 3 N–H and O–H groups in total. The van der Waals surface area contributed by atoms with Gasteiger partial charge in [0.15, 0.2) is 0 Å². The number of esters is 1. The summed E-state index contributed by atoms with van der Waals surface area (Å²) in [6.45, 7) is 4.96. The van der Waals surface area contributed by atoms with E-state index in [1.165, 1.54) is 244 Å². The lowest BCUT2D eigenvalue weighted by Crippen LogP contribution is -2.45. The maximum Gasteiger partial charge on any atom is 0.305 e. The first-order chi connectivity index (χ1) is 33.0. The van der Waals surface area contributed by atoms with Crippen LogP contribution in [-0.4, -0.2) is 47.4 Å². The monoisotopic (exact) mass is 944 g/mol. The molecule has 0 aliphatic carbocycles. The van der Waals surface area contributed by atoms with Gasteiger partial charge in [0.2, 0.25) is 5.91 Å². The Labute approximate surface area is 418 Å². The van der Waals surface area contributed by atoms with Gasteiger partial charge in [0.25, 0.3) is 0 Å². The highest BCUT2D eigenvalue weighted by molar-refractivity contribution is 5.76. The van der Waals surface area contributed by atoms with Crippen LogP contribution in [0.3, 0.4) is 0 Å². The van der Waals surface area contributed by atoms with Crippen LogP contribution in [-0.2, 0) is 14.3 Å². The Morgan fingerprint density at radius 1 is 0.418 bits per heavy atom. The summed E-state index contributed by atoms with van der Waals surface area (Å²) in [7, 11) is 0. The minimum Gasteiger partial charge on any atom is -0.466 e. The number of aliphatic hydroxyl groups is 2. The van der Waals surface area contributed by atoms with E-state index in [0.717, 1.165) is 51.4 Å². The highest BCUT2D eigenvalue weighted by Crippen LogP contribution is 2.17. The van der Waals surface area contributed by atoms with Crippen LogP contribution < -0.4 is 5.32 Å². The van der Waals surface area contributed by atoms with E-state index in [-0.39, 0.29) is 18.5 Å². The molecule has 396 valence electrons. The number of carbonyl (C=O) groups excluding carboxylic acids is 2. The first-order valence-electron chi connectivity index (χ1n) is 30.1. The summed E-state index contributed by atoms with van der Waals surface area (Å²) in [5.74, 6) is -0.0351. The van der Waals surface area contributed by atoms with E-state index in [1.807, 2.05) is 0 Å². The molecule has 6 heteroatoms. The molecular weight excluding hydrogens is 827 g/mol. The van der Waals surface area contributed by atoms with E-state index in [1.54, 1.807) is 0 Å². The maximum absolute atomic E-state index is 12.5. The average molecular weight is 945 g/mol. The molecule has 0 saturated carbocycles. The molecule has 0 aliphatic rings. The van der Waals surface area contributed by atoms with E-state index in [4.69, 9.17) is 4.74 Å². The van der Waals surface area contributed by atoms with Crippen LogP contribution in [0.15, 0.2) is 24.3 Å². The second-order valence-electron chi connectivity index (χ2n) is 20.7. The van der Waals surface area contributed by atoms with Gasteiger partial charge in [0, 0.05) is 12.8 Å². The number of amides is 1. The first kappa shape index (κ1) is 65.3. The Morgan fingerprint density at radius 2 is 0.746 bits per heavy atom. The highest BCUT2D eigenvalue weighted by atomic mass is 16.5. The minimum atomic E-state index is -0.670. The van der Waals surface area contributed by atoms with Gasteiger partial charge in [0.1, 0.15) is 0 Å². The molecule has 6 nitrogen and oxygen atoms in total. The third-order valence-electron chi connectivity index (χ3n) is 14.0. The van der Waals surface area contributed by atoms with Crippen LogP contribution in [0.25, 0.3) is 0 Å². The number of unbranched alkanes of at least 4 members (excludes halogenated alkanes) is 41. The predicted octanol–water partition coefficient (Wildman–Crippen LogP) is 18.6. The second-order valence-corrected chi connectivity index (χ2v) is 20.7. The summed E-state index contributed by atoms with van der Waals surface area (Å²) < 4.78 is 5.48. The lowest BCUT2D eigenvalue weighted by molar-refractivity contribution is -0.143. The third kappa shape index (κ3) is 53.5. The van der Waals surface area contributed by atoms with E-state index in [9.17, 15) is 19.8 Å². The van der Waals surface area contributed by atoms with Gasteiger partial charge in [-0.05, 0) is 57.8 Å². The fraction of sp³-hybridized carbons (Fsp3) is 0.902. The summed E-state index contributed by atoms with van der Waals surface area (Å²) >= 11 is 0. The zero-order valence-corrected chi connectivity index (χ0v) is 45.1. The van der Waals surface area contributed by atoms with E-state index in [0.29, 0.717) is 25.9 Å². The number of nitrogens with one attached hydrogen (secondary N) is 1. The van der Waals surface area contributed by atoms with Crippen LogP contribution >= 0.6 is 0 Å². The molecule has 0 spiro atoms. The summed E-state index contributed by atoms with van der Waals surface area (Å²) in [5, 5.41) is 23.2. The van der Waals surface area contributed by atoms with Gasteiger partial charge in [-0.3, -0.25) is 9.59 Å². The van der Waals surface area contributed by atoms with Crippen molar-refractivity contribution in [2.45, 2.75) is 341 Å². The van der Waals surface area contributed by atoms with Crippen LogP contribution in [0.2, 0.25) is 0 Å². The largest absolute Gasteiger partial charge is 0.466 e. The molecule has 0 aromatic rings. The van der Waals surface area contributed by atoms with Gasteiger partial charge in [-0.2, -0.15) is 0 Å². The number of rotatable bonds is 56. The van der Waals surface area contributed by atoms with Crippen molar-refractivity contribution in [3.05, 3.63) is 24.3 Å². The van der Waals surface area contributed by atoms with Crippen molar-refractivity contribution >= 4 is 11.9 Å². The van der Waals surface area contributed by atoms with Crippen molar-refractivity contribution in [1.82, 2.24) is 5.32 Å². The lowest BCUT2D eigenvalue weighted by atomic mass is 10.0. The van der Waals surface area contributed by atoms with Gasteiger partial charge in [-0.15, -0.1) is 0 Å². The zero-order valence-electron chi connectivity index (χ0n) is 45.1. The number of hydrogen-bond donors (Lipinski definition) is 3. The molecular formula is C61H117NO5. The molecule has 0 saturated heterocycles. The van der Waals surface area contributed by atoms with Gasteiger partial charge >= 0.3 is 5.97 Å². The van der Waals surface area contributed by atoms with Crippen LogP contribution in [0, 0.1) is 0 Å². The minimum absolute atomic E-state index is 0.00952. The van der Waals surface area contributed by atoms with Crippen molar-refractivity contribution in [2.75, 3.05) is 13.2 Å². The van der Waals surface area contributed by atoms with Crippen molar-refractivity contribution in [2.24, 2.45) is 0 Å². The van der Waals surface area contributed by atoms with Crippen molar-refractivity contribution in [1.29, 1.82) is 0 Å². The molecule has 0 aromatic carbocycles. The van der Waals surface area contributed by atoms with E-state index in [2.05, 4.69) is 43.5 Å². The van der Waals surface area contributed by atoms with Gasteiger partial charge in [-0.25, -0.2) is 0 Å². The molecule has 0 fully saturated rings. The quantitative estimate of drug-likeness (QED) is 0.0321. The molecule has 2 atom stereocenters. The molecule has 0 rings (SSSR count). The van der Waals surface area contributed by atoms with Crippen molar-refractivity contribution in [3.8, 4) is 0 Å². The Kier molecular flexibility index (Phi) is 55.5. The lowest BCUT2D eigenvalue weighted by Gasteiger charge is -2.22. The summed E-state index contributed by atoms with van der Waals surface area (Å²) in [5.41, 5.74) is 0. The molecule has 0 bridgehead atoms. The zero-order chi connectivity index (χ0) is 48.6. The van der Waals surface area contributed by atoms with Crippen LogP contribution in [0.5, 0.6) is 0 Å². The number of aliphatic hydroxyl groups excluding tert-OH is 2. The second kappa shape index (κ2) is 56.9. The number of carbonyl (C=O) groups is 2. The van der Waals surface area contributed by atoms with Crippen molar-refractivity contribution < 1.29 is 24.5 Å². The van der Waals surface area contributed by atoms with Crippen molar-refractivity contribution in [3.63, 3.8) is 0 Å². The summed E-state index contributed by atoms with van der Waals surface area (Å²) in [6.07, 6.45) is 68.9. The van der Waals surface area contributed by atoms with E-state index < -0.39 is 12.1 Å². The Bertz CT molecular complexity index is 1040. The van der Waals surface area contributed by atoms with Gasteiger partial charge < -0.3 is 20.3 Å². The molecule has 1 amide bonds. The number of ether oxygens (including phenoxy) is 1. The smallest absolute Gasteiger partial charge is 0.305 e. The van der Waals surface area contributed by atoms with Gasteiger partial charge in [-0.1, -0.05) is 282 Å². The summed E-state index contributed by atoms with van der Waals surface area (Å²) in [4.78, 5) is 24.5. The van der Waals surface area contributed by atoms with E-state index >= 15 is 0 Å². The SMILES string of the molecule is CCCCCCCCCCCCCCCCC(=O)OCCCCCCCCCCC/C=C\C/C=C\CCCCCCCCCC(=O)NC(CO)C(O)CCCCCCCCCCCCCCC. The molecule has 67 heavy (non-hydrogen) atoms. The fourth-order valence-electron chi connectivity index (χ4n) is 9.38. The van der Waals surface area contributed by atoms with Gasteiger partial charge in [0.05, 0.1) is 25.4 Å². The highest BCUT2D eigenvalue weighted by Gasteiger charge is 2.20. The Morgan fingerprint density at radius 3 is 1.13 bits per heavy atom. The van der Waals surface area contributed by atoms with Crippen LogP contribution in [0.4, 0.5) is 0 Å². The topological polar surface area (TPSA) is 95.9 Å². The third-order valence-corrected chi connectivity index (χ3v) is 14.0. The van der Waals surface area contributed by atoms with Crippen LogP contribution in [0.1, 0.15) is 328 Å². The maximum atomic E-state index is 12.5. The first-order valence-corrected chi connectivity index (χ1v) is 30.1. The molecule has 2 unspecified atom stereocenters. The number of allylic oxidation sites excluding steroid dienone is 4. The fourth-order valence-corrected chi connectivity index (χ4v) is 9.38. The summed E-state index contributed by atoms with van der Waals surface area (Å²) in [6, 6.07) is -0.548. The molecule has 0 heterocycles.